The number of halogens is 1. The monoisotopic (exact) mass is 352 g/mol. The van der Waals surface area contributed by atoms with Gasteiger partial charge >= 0.3 is 0 Å². The van der Waals surface area contributed by atoms with Crippen LogP contribution in [0.25, 0.3) is 6.08 Å². The molecule has 0 aromatic heterocycles. The number of hydrogen-bond acceptors (Lipinski definition) is 3. The second-order valence-electron chi connectivity index (χ2n) is 4.20. The summed E-state index contributed by atoms with van der Waals surface area (Å²) in [6.07, 6.45) is 7.38. The summed E-state index contributed by atoms with van der Waals surface area (Å²) in [5, 5.41) is 10.9. The molecule has 0 aliphatic carbocycles. The quantitative estimate of drug-likeness (QED) is 0.232. The maximum absolute atomic E-state index is 11.4. The van der Waals surface area contributed by atoms with Crippen LogP contribution in [-0.2, 0) is 9.59 Å². The van der Waals surface area contributed by atoms with Gasteiger partial charge in [0.15, 0.2) is 0 Å². The van der Waals surface area contributed by atoms with Crippen LogP contribution >= 0.6 is 15.9 Å². The highest BCUT2D eigenvalue weighted by Crippen LogP contribution is 2.11. The second-order valence-corrected chi connectivity index (χ2v) is 5.12. The van der Waals surface area contributed by atoms with Crippen LogP contribution in [0, 0.1) is 0 Å². The Hall–Kier alpha value is -1.92. The molecule has 1 rings (SSSR count). The van der Waals surface area contributed by atoms with E-state index in [0.29, 0.717) is 13.0 Å². The van der Waals surface area contributed by atoms with Gasteiger partial charge in [0.1, 0.15) is 0 Å². The molecule has 0 heterocycles. The van der Waals surface area contributed by atoms with Crippen molar-refractivity contribution in [3.8, 4) is 0 Å². The molecule has 2 amide bonds. The van der Waals surface area contributed by atoms with Crippen LogP contribution in [0.1, 0.15) is 18.4 Å². The summed E-state index contributed by atoms with van der Waals surface area (Å²) in [5.74, 6) is -0.683. The average molecular weight is 353 g/mol. The number of rotatable bonds is 7. The van der Waals surface area contributed by atoms with Crippen LogP contribution in [0.15, 0.2) is 47.0 Å². The highest BCUT2D eigenvalue weighted by Gasteiger charge is 1.99. The van der Waals surface area contributed by atoms with Crippen molar-refractivity contribution < 1.29 is 14.8 Å². The van der Waals surface area contributed by atoms with Crippen LogP contribution in [0.5, 0.6) is 0 Å². The fourth-order valence-electron chi connectivity index (χ4n) is 1.46. The molecule has 0 spiro atoms. The SMILES string of the molecule is O=C(C=CC=Cc1ccc(Br)cc1)NCCCC(=O)NO. The van der Waals surface area contributed by atoms with Crippen LogP contribution in [0.3, 0.4) is 0 Å². The van der Waals surface area contributed by atoms with Gasteiger partial charge in [-0.05, 0) is 24.1 Å². The molecule has 0 unspecified atom stereocenters. The van der Waals surface area contributed by atoms with E-state index in [1.165, 1.54) is 11.6 Å². The number of hydrogen-bond donors (Lipinski definition) is 3. The molecule has 3 N–H and O–H groups in total. The highest BCUT2D eigenvalue weighted by atomic mass is 79.9. The zero-order valence-electron chi connectivity index (χ0n) is 11.4. The smallest absolute Gasteiger partial charge is 0.243 e. The largest absolute Gasteiger partial charge is 0.353 e. The molecule has 1 aromatic rings. The van der Waals surface area contributed by atoms with Crippen molar-refractivity contribution in [1.82, 2.24) is 10.8 Å². The maximum Gasteiger partial charge on any atom is 0.243 e. The van der Waals surface area contributed by atoms with Gasteiger partial charge in [0.2, 0.25) is 11.8 Å². The third-order valence-electron chi connectivity index (χ3n) is 2.52. The molecule has 0 radical (unpaired) electrons. The first kappa shape index (κ1) is 17.1. The molecule has 0 aliphatic rings. The first-order valence-electron chi connectivity index (χ1n) is 6.43. The summed E-state index contributed by atoms with van der Waals surface area (Å²) in [5.41, 5.74) is 2.58. The van der Waals surface area contributed by atoms with Crippen molar-refractivity contribution in [2.75, 3.05) is 6.54 Å². The standard InChI is InChI=1S/C15H17BrN2O3/c16-13-9-7-12(8-10-13)4-1-2-5-14(19)17-11-3-6-15(20)18-21/h1-2,4-5,7-10,21H,3,6,11H2,(H,17,19)(H,18,20). The topological polar surface area (TPSA) is 78.4 Å². The Morgan fingerprint density at radius 1 is 1.19 bits per heavy atom. The number of allylic oxidation sites excluding steroid dienone is 2. The molecule has 21 heavy (non-hydrogen) atoms. The van der Waals surface area contributed by atoms with E-state index in [-0.39, 0.29) is 12.3 Å². The van der Waals surface area contributed by atoms with Crippen LogP contribution in [-0.4, -0.2) is 23.6 Å². The number of carbonyl (C=O) groups excluding carboxylic acids is 2. The van der Waals surface area contributed by atoms with Gasteiger partial charge in [-0.3, -0.25) is 14.8 Å². The summed E-state index contributed by atoms with van der Waals surface area (Å²) in [7, 11) is 0. The molecule has 0 saturated heterocycles. The summed E-state index contributed by atoms with van der Waals surface area (Å²) in [6.45, 7) is 0.382. The molecular weight excluding hydrogens is 336 g/mol. The lowest BCUT2D eigenvalue weighted by Gasteiger charge is -2.00. The molecule has 1 aromatic carbocycles. The van der Waals surface area contributed by atoms with Gasteiger partial charge in [-0.2, -0.15) is 0 Å². The zero-order valence-corrected chi connectivity index (χ0v) is 13.0. The molecule has 6 heteroatoms. The van der Waals surface area contributed by atoms with Crippen molar-refractivity contribution in [3.05, 3.63) is 52.5 Å². The highest BCUT2D eigenvalue weighted by molar-refractivity contribution is 9.10. The minimum atomic E-state index is -0.461. The minimum Gasteiger partial charge on any atom is -0.353 e. The predicted molar refractivity (Wildman–Crippen MR) is 84.5 cm³/mol. The molecular formula is C15H17BrN2O3. The molecule has 0 aliphatic heterocycles. The van der Waals surface area contributed by atoms with Gasteiger partial charge in [-0.1, -0.05) is 46.3 Å². The number of amides is 2. The van der Waals surface area contributed by atoms with Gasteiger partial charge in [0.25, 0.3) is 0 Å². The summed E-state index contributed by atoms with van der Waals surface area (Å²) in [4.78, 5) is 22.1. The molecule has 0 saturated carbocycles. The van der Waals surface area contributed by atoms with Crippen molar-refractivity contribution in [2.45, 2.75) is 12.8 Å². The normalized spacial score (nSPS) is 11.0. The van der Waals surface area contributed by atoms with E-state index in [4.69, 9.17) is 5.21 Å². The second kappa shape index (κ2) is 9.90. The Morgan fingerprint density at radius 3 is 2.57 bits per heavy atom. The van der Waals surface area contributed by atoms with Crippen LogP contribution in [0.2, 0.25) is 0 Å². The van der Waals surface area contributed by atoms with Crippen molar-refractivity contribution in [3.63, 3.8) is 0 Å². The Bertz CT molecular complexity index is 524. The van der Waals surface area contributed by atoms with Crippen LogP contribution < -0.4 is 10.8 Å². The molecule has 0 atom stereocenters. The molecule has 0 fully saturated rings. The fraction of sp³-hybridized carbons (Fsp3) is 0.200. The first-order chi connectivity index (χ1) is 10.1. The lowest BCUT2D eigenvalue weighted by molar-refractivity contribution is -0.129. The lowest BCUT2D eigenvalue weighted by Crippen LogP contribution is -2.24. The molecule has 0 bridgehead atoms. The van der Waals surface area contributed by atoms with Gasteiger partial charge in [-0.15, -0.1) is 0 Å². The van der Waals surface area contributed by atoms with Gasteiger partial charge in [0, 0.05) is 23.5 Å². The lowest BCUT2D eigenvalue weighted by atomic mass is 10.2. The Balaban J connectivity index is 2.24. The van der Waals surface area contributed by atoms with E-state index in [9.17, 15) is 9.59 Å². The van der Waals surface area contributed by atoms with E-state index in [0.717, 1.165) is 10.0 Å². The number of nitrogens with one attached hydrogen (secondary N) is 2. The van der Waals surface area contributed by atoms with Gasteiger partial charge in [0.05, 0.1) is 0 Å². The van der Waals surface area contributed by atoms with Gasteiger partial charge < -0.3 is 5.32 Å². The van der Waals surface area contributed by atoms with Crippen molar-refractivity contribution in [2.24, 2.45) is 0 Å². The maximum atomic E-state index is 11.4. The third kappa shape index (κ3) is 8.06. The van der Waals surface area contributed by atoms with Crippen LogP contribution in [0.4, 0.5) is 0 Å². The minimum absolute atomic E-state index is 0.171. The first-order valence-corrected chi connectivity index (χ1v) is 7.22. The predicted octanol–water partition coefficient (Wildman–Crippen LogP) is 2.42. The van der Waals surface area contributed by atoms with Gasteiger partial charge in [-0.25, -0.2) is 5.48 Å². The molecule has 5 nitrogen and oxygen atoms in total. The molecule has 112 valence electrons. The number of carbonyl (C=O) groups is 2. The van der Waals surface area contributed by atoms with E-state index in [1.54, 1.807) is 12.2 Å². The summed E-state index contributed by atoms with van der Waals surface area (Å²) in [6, 6.07) is 7.80. The Morgan fingerprint density at radius 2 is 1.90 bits per heavy atom. The third-order valence-corrected chi connectivity index (χ3v) is 3.05. The summed E-state index contributed by atoms with van der Waals surface area (Å²) < 4.78 is 1.02. The van der Waals surface area contributed by atoms with E-state index in [1.807, 2.05) is 30.3 Å². The van der Waals surface area contributed by atoms with E-state index < -0.39 is 5.91 Å². The number of benzene rings is 1. The Labute approximate surface area is 131 Å². The van der Waals surface area contributed by atoms with Crippen molar-refractivity contribution >= 4 is 33.8 Å². The Kier molecular flexibility index (Phi) is 8.08. The van der Waals surface area contributed by atoms with E-state index >= 15 is 0 Å². The zero-order chi connectivity index (χ0) is 15.5. The number of hydroxylamine groups is 1. The van der Waals surface area contributed by atoms with Crippen molar-refractivity contribution in [1.29, 1.82) is 0 Å². The summed E-state index contributed by atoms with van der Waals surface area (Å²) >= 11 is 3.36. The average Bonchev–Trinajstić information content (AvgIpc) is 2.49. The fourth-order valence-corrected chi connectivity index (χ4v) is 1.72. The van der Waals surface area contributed by atoms with E-state index in [2.05, 4.69) is 21.2 Å².